The number of carbonyl (C=O) groups is 2. The first-order chi connectivity index (χ1) is 10.9. The van der Waals surface area contributed by atoms with Crippen molar-refractivity contribution < 1.29 is 14.3 Å². The lowest BCUT2D eigenvalue weighted by molar-refractivity contribution is -0.144. The molecule has 1 aromatic carbocycles. The molecule has 0 spiro atoms. The lowest BCUT2D eigenvalue weighted by Gasteiger charge is -2.36. The number of nitrogens with zero attached hydrogens (tertiary/aromatic N) is 2. The molecule has 0 aliphatic carbocycles. The van der Waals surface area contributed by atoms with Crippen LogP contribution < -0.4 is 10.5 Å². The van der Waals surface area contributed by atoms with Crippen LogP contribution in [0, 0.1) is 6.92 Å². The molecule has 0 aromatic heterocycles. The van der Waals surface area contributed by atoms with Crippen molar-refractivity contribution in [2.24, 2.45) is 5.73 Å². The van der Waals surface area contributed by atoms with E-state index in [1.807, 2.05) is 31.2 Å². The molecule has 1 aromatic rings. The molecule has 2 atom stereocenters. The van der Waals surface area contributed by atoms with E-state index in [0.717, 1.165) is 11.3 Å². The third-order valence-electron chi connectivity index (χ3n) is 4.04. The Balaban J connectivity index is 1.89. The standard InChI is InChI=1S/C17H25N3O3/c1-12-6-4-5-7-15(12)23-14(3)17(22)20-10-8-19(9-11-20)16(21)13(2)18/h4-7,13-14H,8-11,18H2,1-3H3/t13-,14?/m1/s1. The van der Waals surface area contributed by atoms with Crippen molar-refractivity contribution in [3.8, 4) is 5.75 Å². The Labute approximate surface area is 137 Å². The van der Waals surface area contributed by atoms with Crippen LogP contribution in [0.5, 0.6) is 5.75 Å². The summed E-state index contributed by atoms with van der Waals surface area (Å²) in [7, 11) is 0. The van der Waals surface area contributed by atoms with E-state index < -0.39 is 12.1 Å². The maximum atomic E-state index is 12.5. The quantitative estimate of drug-likeness (QED) is 0.890. The molecule has 1 aliphatic rings. The molecule has 0 saturated carbocycles. The minimum atomic E-state index is -0.549. The fourth-order valence-electron chi connectivity index (χ4n) is 2.62. The van der Waals surface area contributed by atoms with E-state index in [4.69, 9.17) is 10.5 Å². The average molecular weight is 319 g/mol. The van der Waals surface area contributed by atoms with Gasteiger partial charge in [-0.1, -0.05) is 18.2 Å². The molecule has 1 aliphatic heterocycles. The summed E-state index contributed by atoms with van der Waals surface area (Å²) in [6, 6.07) is 7.13. The predicted octanol–water partition coefficient (Wildman–Crippen LogP) is 0.780. The molecule has 23 heavy (non-hydrogen) atoms. The van der Waals surface area contributed by atoms with Gasteiger partial charge in [0.15, 0.2) is 6.10 Å². The Kier molecular flexibility index (Phi) is 5.60. The van der Waals surface area contributed by atoms with E-state index in [-0.39, 0.29) is 11.8 Å². The summed E-state index contributed by atoms with van der Waals surface area (Å²) in [4.78, 5) is 27.8. The van der Waals surface area contributed by atoms with Crippen LogP contribution in [0.1, 0.15) is 19.4 Å². The Bertz CT molecular complexity index is 566. The van der Waals surface area contributed by atoms with Crippen molar-refractivity contribution in [1.29, 1.82) is 0 Å². The number of carbonyl (C=O) groups excluding carboxylic acids is 2. The Morgan fingerprint density at radius 1 is 1.04 bits per heavy atom. The SMILES string of the molecule is Cc1ccccc1OC(C)C(=O)N1CCN(C(=O)[C@@H](C)N)CC1. The van der Waals surface area contributed by atoms with Gasteiger partial charge in [0.25, 0.3) is 5.91 Å². The normalized spacial score (nSPS) is 17.6. The van der Waals surface area contributed by atoms with E-state index in [2.05, 4.69) is 0 Å². The molecule has 2 N–H and O–H groups in total. The van der Waals surface area contributed by atoms with Crippen LogP contribution in [0.25, 0.3) is 0 Å². The van der Waals surface area contributed by atoms with Crippen LogP contribution in [0.3, 0.4) is 0 Å². The van der Waals surface area contributed by atoms with Crippen LogP contribution in [0.4, 0.5) is 0 Å². The van der Waals surface area contributed by atoms with Gasteiger partial charge in [-0.2, -0.15) is 0 Å². The van der Waals surface area contributed by atoms with Crippen molar-refractivity contribution in [3.63, 3.8) is 0 Å². The number of aryl methyl sites for hydroxylation is 1. The number of ether oxygens (including phenoxy) is 1. The maximum Gasteiger partial charge on any atom is 0.263 e. The van der Waals surface area contributed by atoms with Gasteiger partial charge in [-0.3, -0.25) is 9.59 Å². The van der Waals surface area contributed by atoms with Gasteiger partial charge in [0.2, 0.25) is 5.91 Å². The molecule has 2 amide bonds. The van der Waals surface area contributed by atoms with Crippen LogP contribution in [0.2, 0.25) is 0 Å². The van der Waals surface area contributed by atoms with Crippen molar-refractivity contribution in [2.45, 2.75) is 32.9 Å². The van der Waals surface area contributed by atoms with Crippen LogP contribution >= 0.6 is 0 Å². The van der Waals surface area contributed by atoms with Crippen LogP contribution in [0.15, 0.2) is 24.3 Å². The molecule has 1 fully saturated rings. The highest BCUT2D eigenvalue weighted by Gasteiger charge is 2.28. The molecular formula is C17H25N3O3. The lowest BCUT2D eigenvalue weighted by Crippen LogP contribution is -2.55. The smallest absolute Gasteiger partial charge is 0.263 e. The Hall–Kier alpha value is -2.08. The van der Waals surface area contributed by atoms with E-state index in [9.17, 15) is 9.59 Å². The van der Waals surface area contributed by atoms with E-state index >= 15 is 0 Å². The highest BCUT2D eigenvalue weighted by atomic mass is 16.5. The molecule has 0 bridgehead atoms. The molecule has 1 heterocycles. The van der Waals surface area contributed by atoms with Gasteiger partial charge in [-0.05, 0) is 32.4 Å². The second kappa shape index (κ2) is 7.46. The second-order valence-corrected chi connectivity index (χ2v) is 5.96. The Morgan fingerprint density at radius 3 is 2.09 bits per heavy atom. The van der Waals surface area contributed by atoms with E-state index in [1.54, 1.807) is 23.6 Å². The first kappa shape index (κ1) is 17.3. The highest BCUT2D eigenvalue weighted by molar-refractivity contribution is 5.83. The number of rotatable bonds is 4. The zero-order chi connectivity index (χ0) is 17.0. The first-order valence-corrected chi connectivity index (χ1v) is 7.95. The van der Waals surface area contributed by atoms with Gasteiger partial charge in [-0.25, -0.2) is 0 Å². The molecular weight excluding hydrogens is 294 g/mol. The molecule has 6 heteroatoms. The van der Waals surface area contributed by atoms with Crippen molar-refractivity contribution >= 4 is 11.8 Å². The number of hydrogen-bond donors (Lipinski definition) is 1. The fraction of sp³-hybridized carbons (Fsp3) is 0.529. The van der Waals surface area contributed by atoms with Gasteiger partial charge in [0, 0.05) is 26.2 Å². The number of para-hydroxylation sites is 1. The van der Waals surface area contributed by atoms with Crippen molar-refractivity contribution in [3.05, 3.63) is 29.8 Å². The van der Waals surface area contributed by atoms with E-state index in [1.165, 1.54) is 0 Å². The predicted molar refractivity (Wildman–Crippen MR) is 88.1 cm³/mol. The van der Waals surface area contributed by atoms with Gasteiger partial charge < -0.3 is 20.3 Å². The number of hydrogen-bond acceptors (Lipinski definition) is 4. The summed E-state index contributed by atoms with van der Waals surface area (Å²) in [5, 5.41) is 0. The summed E-state index contributed by atoms with van der Waals surface area (Å²) in [5.74, 6) is 0.599. The summed E-state index contributed by atoms with van der Waals surface area (Å²) in [6.07, 6.45) is -0.549. The zero-order valence-electron chi connectivity index (χ0n) is 14.0. The molecule has 126 valence electrons. The van der Waals surface area contributed by atoms with Crippen LogP contribution in [-0.4, -0.2) is 59.9 Å². The van der Waals surface area contributed by atoms with Gasteiger partial charge in [0.05, 0.1) is 6.04 Å². The molecule has 0 radical (unpaired) electrons. The first-order valence-electron chi connectivity index (χ1n) is 7.95. The Morgan fingerprint density at radius 2 is 1.57 bits per heavy atom. The lowest BCUT2D eigenvalue weighted by atomic mass is 10.2. The number of piperazine rings is 1. The minimum Gasteiger partial charge on any atom is -0.481 e. The topological polar surface area (TPSA) is 75.9 Å². The highest BCUT2D eigenvalue weighted by Crippen LogP contribution is 2.18. The summed E-state index contributed by atoms with van der Waals surface area (Å²) in [5.41, 5.74) is 6.62. The van der Waals surface area contributed by atoms with Crippen LogP contribution in [-0.2, 0) is 9.59 Å². The maximum absolute atomic E-state index is 12.5. The minimum absolute atomic E-state index is 0.0545. The zero-order valence-corrected chi connectivity index (χ0v) is 14.0. The van der Waals surface area contributed by atoms with Crippen molar-refractivity contribution in [2.75, 3.05) is 26.2 Å². The second-order valence-electron chi connectivity index (χ2n) is 5.96. The third-order valence-corrected chi connectivity index (χ3v) is 4.04. The number of benzene rings is 1. The van der Waals surface area contributed by atoms with Gasteiger partial charge >= 0.3 is 0 Å². The molecule has 1 saturated heterocycles. The fourth-order valence-corrected chi connectivity index (χ4v) is 2.62. The third kappa shape index (κ3) is 4.22. The summed E-state index contributed by atoms with van der Waals surface area (Å²) < 4.78 is 5.78. The number of nitrogens with two attached hydrogens (primary N) is 1. The summed E-state index contributed by atoms with van der Waals surface area (Å²) in [6.45, 7) is 7.45. The van der Waals surface area contributed by atoms with Gasteiger partial charge in [-0.15, -0.1) is 0 Å². The monoisotopic (exact) mass is 319 g/mol. The molecule has 2 rings (SSSR count). The van der Waals surface area contributed by atoms with Crippen molar-refractivity contribution in [1.82, 2.24) is 9.80 Å². The van der Waals surface area contributed by atoms with Gasteiger partial charge in [0.1, 0.15) is 5.75 Å². The number of amides is 2. The van der Waals surface area contributed by atoms with E-state index in [0.29, 0.717) is 26.2 Å². The average Bonchev–Trinajstić information content (AvgIpc) is 2.55. The molecule has 1 unspecified atom stereocenters. The largest absolute Gasteiger partial charge is 0.481 e. The summed E-state index contributed by atoms with van der Waals surface area (Å²) >= 11 is 0. The molecule has 6 nitrogen and oxygen atoms in total.